The summed E-state index contributed by atoms with van der Waals surface area (Å²) in [6.07, 6.45) is 17.7. The zero-order valence-corrected chi connectivity index (χ0v) is 41.1. The SMILES string of the molecule is CC(CCCCC(C)CCCC(C)CCC(=O)NCCNC(=O)[C@H](O)[C@@H](O)[C@H](O)[C@H](O)CO)CCCC(C)CCC(=O)NCCCCCCC(CNCCCCN)CNCCCCN. The lowest BCUT2D eigenvalue weighted by molar-refractivity contribution is -0.148. The number of nitrogens with one attached hydrogen (secondary N) is 5. The molecule has 0 aromatic heterocycles. The van der Waals surface area contributed by atoms with Crippen molar-refractivity contribution in [2.24, 2.45) is 41.1 Å². The molecule has 0 spiro atoms. The Labute approximate surface area is 389 Å². The predicted octanol–water partition coefficient (Wildman–Crippen LogP) is 4.00. The van der Waals surface area contributed by atoms with Gasteiger partial charge in [-0.2, -0.15) is 0 Å². The Morgan fingerprint density at radius 2 is 0.859 bits per heavy atom. The van der Waals surface area contributed by atoms with Crippen LogP contribution in [0.3, 0.4) is 0 Å². The smallest absolute Gasteiger partial charge is 0.251 e. The molecule has 14 N–H and O–H groups in total. The van der Waals surface area contributed by atoms with Crippen molar-refractivity contribution >= 4 is 17.7 Å². The second-order valence-corrected chi connectivity index (χ2v) is 19.3. The minimum atomic E-state index is -1.99. The summed E-state index contributed by atoms with van der Waals surface area (Å²) in [6.45, 7) is 15.0. The molecule has 0 radical (unpaired) electrons. The van der Waals surface area contributed by atoms with Crippen LogP contribution in [0.2, 0.25) is 0 Å². The Morgan fingerprint density at radius 1 is 0.453 bits per heavy atom. The van der Waals surface area contributed by atoms with Crippen LogP contribution >= 0.6 is 0 Å². The monoisotopic (exact) mass is 916 g/mol. The van der Waals surface area contributed by atoms with Gasteiger partial charge in [0.15, 0.2) is 6.10 Å². The van der Waals surface area contributed by atoms with Gasteiger partial charge in [0.05, 0.1) is 6.61 Å². The van der Waals surface area contributed by atoms with E-state index in [4.69, 9.17) is 16.6 Å². The van der Waals surface area contributed by atoms with E-state index in [1.165, 1.54) is 70.6 Å². The molecule has 0 aliphatic heterocycles. The van der Waals surface area contributed by atoms with Crippen molar-refractivity contribution in [1.29, 1.82) is 0 Å². The number of carbonyl (C=O) groups excluding carboxylic acids is 3. The molecule has 8 atom stereocenters. The van der Waals surface area contributed by atoms with E-state index >= 15 is 0 Å². The molecule has 0 rings (SSSR count). The molecular weight excluding hydrogens is 815 g/mol. The summed E-state index contributed by atoms with van der Waals surface area (Å²) in [4.78, 5) is 36.7. The maximum Gasteiger partial charge on any atom is 0.251 e. The van der Waals surface area contributed by atoms with Crippen LogP contribution in [0, 0.1) is 29.6 Å². The molecular formula is C49H101N7O8. The number of unbranched alkanes of at least 4 members (excludes halogenated alkanes) is 6. The van der Waals surface area contributed by atoms with Crippen molar-refractivity contribution in [2.45, 2.75) is 200 Å². The summed E-state index contributed by atoms with van der Waals surface area (Å²) < 4.78 is 0. The maximum atomic E-state index is 12.5. The van der Waals surface area contributed by atoms with Crippen molar-refractivity contribution in [3.8, 4) is 0 Å². The number of aliphatic hydroxyl groups excluding tert-OH is 5. The van der Waals surface area contributed by atoms with Crippen LogP contribution < -0.4 is 38.1 Å². The lowest BCUT2D eigenvalue weighted by Gasteiger charge is -2.24. The van der Waals surface area contributed by atoms with Crippen LogP contribution in [-0.4, -0.2) is 133 Å². The third kappa shape index (κ3) is 36.2. The molecule has 0 saturated heterocycles. The highest BCUT2D eigenvalue weighted by Gasteiger charge is 2.34. The third-order valence-electron chi connectivity index (χ3n) is 12.8. The first-order chi connectivity index (χ1) is 30.7. The molecule has 3 amide bonds. The van der Waals surface area contributed by atoms with Crippen LogP contribution in [0.15, 0.2) is 0 Å². The number of aliphatic hydroxyl groups is 5. The van der Waals surface area contributed by atoms with E-state index < -0.39 is 36.9 Å². The minimum absolute atomic E-state index is 0.0236. The first-order valence-corrected chi connectivity index (χ1v) is 25.7. The van der Waals surface area contributed by atoms with E-state index in [9.17, 15) is 34.8 Å². The number of hydrogen-bond donors (Lipinski definition) is 12. The molecule has 0 aliphatic rings. The zero-order chi connectivity index (χ0) is 47.8. The molecule has 0 fully saturated rings. The molecule has 15 nitrogen and oxygen atoms in total. The molecule has 0 bridgehead atoms. The van der Waals surface area contributed by atoms with Gasteiger partial charge in [-0.3, -0.25) is 14.4 Å². The average molecular weight is 916 g/mol. The summed E-state index contributed by atoms with van der Waals surface area (Å²) in [5, 5.41) is 63.0. The Kier molecular flexibility index (Phi) is 41.1. The van der Waals surface area contributed by atoms with Crippen molar-refractivity contribution in [3.63, 3.8) is 0 Å². The lowest BCUT2D eigenvalue weighted by Crippen LogP contribution is -2.52. The van der Waals surface area contributed by atoms with Crippen molar-refractivity contribution in [2.75, 3.05) is 65.5 Å². The Balaban J connectivity index is 3.90. The number of carbonyl (C=O) groups is 3. The van der Waals surface area contributed by atoms with Crippen molar-refractivity contribution < 1.29 is 39.9 Å². The minimum Gasteiger partial charge on any atom is -0.394 e. The number of rotatable bonds is 46. The third-order valence-corrected chi connectivity index (χ3v) is 12.8. The largest absolute Gasteiger partial charge is 0.394 e. The second kappa shape index (κ2) is 42.4. The number of nitrogens with two attached hydrogens (primary N) is 2. The number of hydrogen-bond acceptors (Lipinski definition) is 12. The van der Waals surface area contributed by atoms with E-state index in [-0.39, 0.29) is 24.9 Å². The molecule has 380 valence electrons. The van der Waals surface area contributed by atoms with Gasteiger partial charge in [-0.25, -0.2) is 0 Å². The van der Waals surface area contributed by atoms with Crippen LogP contribution in [0.4, 0.5) is 0 Å². The van der Waals surface area contributed by atoms with E-state index in [1.54, 1.807) is 0 Å². The van der Waals surface area contributed by atoms with Crippen molar-refractivity contribution in [3.05, 3.63) is 0 Å². The van der Waals surface area contributed by atoms with Gasteiger partial charge in [-0.1, -0.05) is 111 Å². The highest BCUT2D eigenvalue weighted by Crippen LogP contribution is 2.23. The number of amides is 3. The molecule has 64 heavy (non-hydrogen) atoms. The van der Waals surface area contributed by atoms with Gasteiger partial charge in [0.1, 0.15) is 18.3 Å². The summed E-state index contributed by atoms with van der Waals surface area (Å²) in [5.74, 6) is 2.20. The van der Waals surface area contributed by atoms with E-state index in [0.717, 1.165) is 116 Å². The standard InChI is InChI=1S/C49H101N7O8/c1-38(17-8-9-18-39(2)20-16-22-41(4)25-27-45(60)55-33-34-56-49(64)48(63)47(62)46(61)43(58)37-57)19-15-21-40(3)24-26-44(59)54-32-12-6-5-7-23-42(35-52-30-13-10-28-50)36-53-31-14-11-29-51/h38-43,46-48,52-53,57-58,61-63H,5-37,50-51H2,1-4H3,(H,54,59)(H,55,60)(H,56,64)/t38?,39?,40?,41?,43-,46-,47+,48-/m1/s1. The Hall–Kier alpha value is -1.95. The van der Waals surface area contributed by atoms with Gasteiger partial charge in [0, 0.05) is 32.5 Å². The van der Waals surface area contributed by atoms with Gasteiger partial charge in [0.2, 0.25) is 11.8 Å². The van der Waals surface area contributed by atoms with Crippen molar-refractivity contribution in [1.82, 2.24) is 26.6 Å². The van der Waals surface area contributed by atoms with Gasteiger partial charge >= 0.3 is 0 Å². The van der Waals surface area contributed by atoms with Gasteiger partial charge in [0.25, 0.3) is 5.91 Å². The van der Waals surface area contributed by atoms with Crippen LogP contribution in [0.1, 0.15) is 175 Å². The van der Waals surface area contributed by atoms with Crippen LogP contribution in [0.25, 0.3) is 0 Å². The van der Waals surface area contributed by atoms with E-state index in [0.29, 0.717) is 36.5 Å². The topological polar surface area (TPSA) is 265 Å². The summed E-state index contributed by atoms with van der Waals surface area (Å²) >= 11 is 0. The fraction of sp³-hybridized carbons (Fsp3) is 0.939. The quantitative estimate of drug-likeness (QED) is 0.0387. The predicted molar refractivity (Wildman–Crippen MR) is 260 cm³/mol. The van der Waals surface area contributed by atoms with E-state index in [1.807, 2.05) is 0 Å². The average Bonchev–Trinajstić information content (AvgIpc) is 3.28. The summed E-state index contributed by atoms with van der Waals surface area (Å²) in [6, 6.07) is 0. The summed E-state index contributed by atoms with van der Waals surface area (Å²) in [5.41, 5.74) is 11.3. The molecule has 15 heteroatoms. The maximum absolute atomic E-state index is 12.5. The molecule has 0 aromatic rings. The second-order valence-electron chi connectivity index (χ2n) is 19.3. The zero-order valence-electron chi connectivity index (χ0n) is 41.1. The lowest BCUT2D eigenvalue weighted by atomic mass is 9.90. The fourth-order valence-electron chi connectivity index (χ4n) is 8.11. The van der Waals surface area contributed by atoms with Gasteiger partial charge in [-0.15, -0.1) is 0 Å². The summed E-state index contributed by atoms with van der Waals surface area (Å²) in [7, 11) is 0. The first-order valence-electron chi connectivity index (χ1n) is 25.7. The molecule has 0 aliphatic carbocycles. The molecule has 4 unspecified atom stereocenters. The molecule has 0 aromatic carbocycles. The van der Waals surface area contributed by atoms with Crippen LogP contribution in [0.5, 0.6) is 0 Å². The van der Waals surface area contributed by atoms with Gasteiger partial charge in [-0.05, 0) is 120 Å². The molecule has 0 saturated carbocycles. The fourth-order valence-corrected chi connectivity index (χ4v) is 8.11. The van der Waals surface area contributed by atoms with Crippen LogP contribution in [-0.2, 0) is 14.4 Å². The van der Waals surface area contributed by atoms with E-state index in [2.05, 4.69) is 54.3 Å². The Bertz CT molecular complexity index is 1100. The van der Waals surface area contributed by atoms with Gasteiger partial charge < -0.3 is 63.6 Å². The molecule has 0 heterocycles. The highest BCUT2D eigenvalue weighted by molar-refractivity contribution is 5.81. The Morgan fingerprint density at radius 3 is 1.34 bits per heavy atom. The normalized spacial score (nSPS) is 15.6. The first kappa shape index (κ1) is 62.1. The highest BCUT2D eigenvalue weighted by atomic mass is 16.4.